The van der Waals surface area contributed by atoms with Crippen LogP contribution in [0.15, 0.2) is 70.9 Å². The van der Waals surface area contributed by atoms with E-state index in [4.69, 9.17) is 16.3 Å². The Balaban J connectivity index is 1.92. The number of aryl methyl sites for hydroxylation is 2. The third kappa shape index (κ3) is 4.37. The van der Waals surface area contributed by atoms with Gasteiger partial charge in [-0.05, 0) is 55.8 Å². The highest BCUT2D eigenvalue weighted by Gasteiger charge is 2.07. The Labute approximate surface area is 151 Å². The van der Waals surface area contributed by atoms with Gasteiger partial charge in [0.05, 0.1) is 0 Å². The topological polar surface area (TPSA) is 54.2 Å². The first-order valence-corrected chi connectivity index (χ1v) is 8.14. The average molecular weight is 353 g/mol. The molecule has 0 atom stereocenters. The van der Waals surface area contributed by atoms with Crippen LogP contribution in [-0.4, -0.2) is 5.11 Å². The van der Waals surface area contributed by atoms with Crippen LogP contribution in [0, 0.1) is 13.8 Å². The minimum Gasteiger partial charge on any atom is -0.506 e. The molecule has 0 radical (unpaired) electrons. The van der Waals surface area contributed by atoms with Crippen LogP contribution in [0.1, 0.15) is 11.1 Å². The summed E-state index contributed by atoms with van der Waals surface area (Å²) in [4.78, 5) is 0. The van der Waals surface area contributed by atoms with Crippen molar-refractivity contribution in [1.82, 2.24) is 0 Å². The molecule has 3 rings (SSSR count). The summed E-state index contributed by atoms with van der Waals surface area (Å²) in [7, 11) is 0. The lowest BCUT2D eigenvalue weighted by atomic mass is 10.2. The molecule has 0 saturated carbocycles. The highest BCUT2D eigenvalue weighted by molar-refractivity contribution is 6.30. The minimum absolute atomic E-state index is 0.0734. The van der Waals surface area contributed by atoms with E-state index in [9.17, 15) is 5.11 Å². The molecule has 0 heterocycles. The number of rotatable bonds is 4. The predicted molar refractivity (Wildman–Crippen MR) is 99.7 cm³/mol. The lowest BCUT2D eigenvalue weighted by Crippen LogP contribution is -1.85. The monoisotopic (exact) mass is 352 g/mol. The zero-order valence-electron chi connectivity index (χ0n) is 13.9. The Kier molecular flexibility index (Phi) is 5.00. The zero-order chi connectivity index (χ0) is 17.8. The quantitative estimate of drug-likeness (QED) is 0.521. The number of aromatic hydroxyl groups is 1. The number of halogens is 1. The van der Waals surface area contributed by atoms with Gasteiger partial charge in [-0.3, -0.25) is 0 Å². The number of azo groups is 1. The largest absolute Gasteiger partial charge is 0.506 e. The molecule has 0 aromatic heterocycles. The standard InChI is InChI=1S/C20H17ClN2O2/c1-13-3-7-16(8-4-13)25-20-12-15(21)6-9-17(20)22-23-18-11-14(2)5-10-19(18)24/h3-12,24H,1-2H3. The van der Waals surface area contributed by atoms with Gasteiger partial charge in [0.25, 0.3) is 0 Å². The molecule has 0 aliphatic heterocycles. The summed E-state index contributed by atoms with van der Waals surface area (Å²) >= 11 is 6.08. The molecule has 4 nitrogen and oxygen atoms in total. The van der Waals surface area contributed by atoms with Crippen LogP contribution in [0.2, 0.25) is 5.02 Å². The van der Waals surface area contributed by atoms with Crippen molar-refractivity contribution in [3.05, 3.63) is 76.8 Å². The lowest BCUT2D eigenvalue weighted by molar-refractivity contribution is 0.475. The van der Waals surface area contributed by atoms with E-state index in [0.29, 0.717) is 27.9 Å². The number of phenols is 1. The van der Waals surface area contributed by atoms with Crippen molar-refractivity contribution in [2.75, 3.05) is 0 Å². The summed E-state index contributed by atoms with van der Waals surface area (Å²) in [5.41, 5.74) is 3.05. The van der Waals surface area contributed by atoms with Gasteiger partial charge >= 0.3 is 0 Å². The van der Waals surface area contributed by atoms with Gasteiger partial charge in [0.1, 0.15) is 22.9 Å². The molecular formula is C20H17ClN2O2. The molecule has 3 aromatic carbocycles. The van der Waals surface area contributed by atoms with Gasteiger partial charge in [-0.1, -0.05) is 35.4 Å². The van der Waals surface area contributed by atoms with E-state index >= 15 is 0 Å². The molecule has 0 fully saturated rings. The van der Waals surface area contributed by atoms with Crippen LogP contribution in [0.5, 0.6) is 17.2 Å². The summed E-state index contributed by atoms with van der Waals surface area (Å²) in [5.74, 6) is 1.25. The molecular weight excluding hydrogens is 336 g/mol. The Morgan fingerprint density at radius 2 is 1.48 bits per heavy atom. The van der Waals surface area contributed by atoms with Gasteiger partial charge in [0.2, 0.25) is 0 Å². The van der Waals surface area contributed by atoms with E-state index < -0.39 is 0 Å². The van der Waals surface area contributed by atoms with Crippen LogP contribution in [0.4, 0.5) is 11.4 Å². The molecule has 0 aliphatic carbocycles. The summed E-state index contributed by atoms with van der Waals surface area (Å²) in [5, 5.41) is 18.8. The summed E-state index contributed by atoms with van der Waals surface area (Å²) in [6.07, 6.45) is 0. The number of nitrogens with zero attached hydrogens (tertiary/aromatic N) is 2. The van der Waals surface area contributed by atoms with E-state index in [1.165, 1.54) is 0 Å². The molecule has 0 bridgehead atoms. The Bertz CT molecular complexity index is 921. The van der Waals surface area contributed by atoms with E-state index in [-0.39, 0.29) is 5.75 Å². The number of hydrogen-bond acceptors (Lipinski definition) is 4. The number of benzene rings is 3. The minimum atomic E-state index is 0.0734. The maximum absolute atomic E-state index is 9.88. The van der Waals surface area contributed by atoms with Crippen LogP contribution >= 0.6 is 11.6 Å². The molecule has 0 aliphatic rings. The highest BCUT2D eigenvalue weighted by Crippen LogP contribution is 2.36. The summed E-state index contributed by atoms with van der Waals surface area (Å²) in [6.45, 7) is 3.93. The fourth-order valence-electron chi connectivity index (χ4n) is 2.21. The van der Waals surface area contributed by atoms with E-state index in [0.717, 1.165) is 11.1 Å². The molecule has 126 valence electrons. The maximum atomic E-state index is 9.88. The summed E-state index contributed by atoms with van der Waals surface area (Å²) in [6, 6.07) is 18.0. The van der Waals surface area contributed by atoms with Crippen LogP contribution in [0.3, 0.4) is 0 Å². The number of phenolic OH excluding ortho intramolecular Hbond substituents is 1. The molecule has 25 heavy (non-hydrogen) atoms. The van der Waals surface area contributed by atoms with Crippen molar-refractivity contribution >= 4 is 23.0 Å². The SMILES string of the molecule is Cc1ccc(Oc2cc(Cl)ccc2N=Nc2cc(C)ccc2O)cc1. The van der Waals surface area contributed by atoms with Crippen LogP contribution < -0.4 is 4.74 Å². The smallest absolute Gasteiger partial charge is 0.156 e. The molecule has 0 spiro atoms. The van der Waals surface area contributed by atoms with Crippen LogP contribution in [-0.2, 0) is 0 Å². The van der Waals surface area contributed by atoms with Gasteiger partial charge in [0, 0.05) is 11.1 Å². The predicted octanol–water partition coefficient (Wildman–Crippen LogP) is 6.87. The van der Waals surface area contributed by atoms with Gasteiger partial charge < -0.3 is 9.84 Å². The van der Waals surface area contributed by atoms with E-state index in [1.54, 1.807) is 30.3 Å². The second-order valence-electron chi connectivity index (χ2n) is 5.72. The lowest BCUT2D eigenvalue weighted by Gasteiger charge is -2.09. The van der Waals surface area contributed by atoms with E-state index in [2.05, 4.69) is 10.2 Å². The van der Waals surface area contributed by atoms with Gasteiger partial charge in [-0.15, -0.1) is 10.2 Å². The highest BCUT2D eigenvalue weighted by atomic mass is 35.5. The van der Waals surface area contributed by atoms with Crippen molar-refractivity contribution in [2.45, 2.75) is 13.8 Å². The molecule has 1 N–H and O–H groups in total. The van der Waals surface area contributed by atoms with Crippen molar-refractivity contribution in [2.24, 2.45) is 10.2 Å². The Morgan fingerprint density at radius 3 is 2.24 bits per heavy atom. The normalized spacial score (nSPS) is 11.0. The first-order chi connectivity index (χ1) is 12.0. The molecule has 5 heteroatoms. The number of hydrogen-bond donors (Lipinski definition) is 1. The van der Waals surface area contributed by atoms with Crippen molar-refractivity contribution in [1.29, 1.82) is 0 Å². The molecule has 0 saturated heterocycles. The van der Waals surface area contributed by atoms with Crippen molar-refractivity contribution in [3.8, 4) is 17.2 Å². The molecule has 3 aromatic rings. The van der Waals surface area contributed by atoms with Crippen molar-refractivity contribution < 1.29 is 9.84 Å². The third-order valence-corrected chi connectivity index (χ3v) is 3.80. The molecule has 0 amide bonds. The van der Waals surface area contributed by atoms with Crippen LogP contribution in [0.25, 0.3) is 0 Å². The Morgan fingerprint density at radius 1 is 0.800 bits per heavy atom. The second kappa shape index (κ2) is 7.36. The fraction of sp³-hybridized carbons (Fsp3) is 0.100. The average Bonchev–Trinajstić information content (AvgIpc) is 2.59. The van der Waals surface area contributed by atoms with Gasteiger partial charge in [-0.2, -0.15) is 0 Å². The zero-order valence-corrected chi connectivity index (χ0v) is 14.7. The second-order valence-corrected chi connectivity index (χ2v) is 6.16. The third-order valence-electron chi connectivity index (χ3n) is 3.57. The van der Waals surface area contributed by atoms with Crippen molar-refractivity contribution in [3.63, 3.8) is 0 Å². The fourth-order valence-corrected chi connectivity index (χ4v) is 2.37. The van der Waals surface area contributed by atoms with E-state index in [1.807, 2.05) is 44.2 Å². The first kappa shape index (κ1) is 17.0. The summed E-state index contributed by atoms with van der Waals surface area (Å²) < 4.78 is 5.89. The molecule has 0 unspecified atom stereocenters. The van der Waals surface area contributed by atoms with Gasteiger partial charge in [0.15, 0.2) is 5.75 Å². The maximum Gasteiger partial charge on any atom is 0.156 e. The Hall–Kier alpha value is -2.85. The van der Waals surface area contributed by atoms with Gasteiger partial charge in [-0.25, -0.2) is 0 Å². The number of ether oxygens (including phenoxy) is 1. The first-order valence-electron chi connectivity index (χ1n) is 7.77.